The number of ether oxygens (including phenoxy) is 6. The summed E-state index contributed by atoms with van der Waals surface area (Å²) in [5.74, 6) is 2.98. The molecule has 486 valence electrons. The van der Waals surface area contributed by atoms with Crippen LogP contribution in [0.2, 0.25) is 25.1 Å². The Labute approximate surface area is 574 Å². The van der Waals surface area contributed by atoms with Crippen molar-refractivity contribution < 1.29 is 62.2 Å². The van der Waals surface area contributed by atoms with E-state index in [1.165, 1.54) is 32.4 Å². The molecule has 0 spiro atoms. The molecule has 0 aliphatic rings. The third kappa shape index (κ3) is 21.2. The summed E-state index contributed by atoms with van der Waals surface area (Å²) in [6, 6.07) is 70.0. The highest BCUT2D eigenvalue weighted by molar-refractivity contribution is 6.33. The molecule has 0 aliphatic carbocycles. The van der Waals surface area contributed by atoms with Gasteiger partial charge < -0.3 is 48.6 Å². The third-order valence-electron chi connectivity index (χ3n) is 12.8. The second-order valence-corrected chi connectivity index (χ2v) is 21.2. The fourth-order valence-corrected chi connectivity index (χ4v) is 9.03. The number of halogens is 6. The Bertz CT molecular complexity index is 4670. The number of para-hydroxylation sites is 7. The number of carbonyl (C=O) groups excluding carboxylic acids is 4. The second kappa shape index (κ2) is 37.6. The van der Waals surface area contributed by atoms with Crippen LogP contribution >= 0.6 is 58.0 Å². The number of phenolic OH excluding ortho intramolecular Hbond substituents is 1. The van der Waals surface area contributed by atoms with Crippen molar-refractivity contribution in [3.8, 4) is 51.7 Å². The molecule has 0 atom stereocenters. The van der Waals surface area contributed by atoms with E-state index in [2.05, 4.69) is 24.7 Å². The lowest BCUT2D eigenvalue weighted by Gasteiger charge is -2.10. The van der Waals surface area contributed by atoms with Crippen molar-refractivity contribution in [3.63, 3.8) is 0 Å². The first-order chi connectivity index (χ1) is 46.6. The predicted octanol–water partition coefficient (Wildman–Crippen LogP) is 21.1. The Morgan fingerprint density at radius 1 is 0.479 bits per heavy atom. The van der Waals surface area contributed by atoms with Crippen LogP contribution < -0.4 is 18.9 Å². The first-order valence-electron chi connectivity index (χ1n) is 28.3. The molecule has 12 aromatic rings. The van der Waals surface area contributed by atoms with Crippen molar-refractivity contribution >= 4 is 110 Å². The van der Waals surface area contributed by atoms with Gasteiger partial charge in [-0.1, -0.05) is 178 Å². The number of nitrogens with zero attached hydrogens (tertiary/aromatic N) is 3. The number of azide groups is 1. The Morgan fingerprint density at radius 3 is 1.27 bits per heavy atom. The predicted molar refractivity (Wildman–Crippen MR) is 372 cm³/mol. The second-order valence-electron chi connectivity index (χ2n) is 19.2. The lowest BCUT2D eigenvalue weighted by atomic mass is 10.1. The normalized spacial score (nSPS) is 10.2. The molecular weight excluding hydrogens is 1340 g/mol. The van der Waals surface area contributed by atoms with Crippen LogP contribution in [0.5, 0.6) is 51.7 Å². The summed E-state index contributed by atoms with van der Waals surface area (Å²) in [6.45, 7) is -0.0276. The van der Waals surface area contributed by atoms with Gasteiger partial charge >= 0.3 is 11.9 Å². The molecule has 0 saturated carbocycles. The molecule has 0 unspecified atom stereocenters. The standard InChI is InChI=1S/C16H12ClN3O3.C16H12ClNO3.C15H12ClNO2.C13H9ClO2.C7H5FO.C6H5ClO/c1-22-16(21)13(19-20-18)10-11-6-2-4-8-14(11)23-15-9-5-3-7-12(15)17;1-20-16(19)13-9-10-12(18-13)6-4-8-14(10)21-15-7-3-2-5-11(15)17;16-12-4-1-2-6-15(12)19-14-7-3-5-13-11(14)8-10(9-18)17-13;14-11-6-2-4-8-13(11)16-12-7-3-1-5-10(12)9-15;8-7-4-2-1-3-6(7)5-9;7-5-3-1-2-4-6(5)8/h2-10H,1H3;2-9,18H,1H3;1-8,17-18H,9H2;1-9H;1-5H;1-4,8H/b13-10+;;;;;. The van der Waals surface area contributed by atoms with Crippen molar-refractivity contribution in [1.29, 1.82) is 0 Å². The van der Waals surface area contributed by atoms with Gasteiger partial charge in [-0.3, -0.25) is 9.59 Å². The highest BCUT2D eigenvalue weighted by Gasteiger charge is 2.15. The number of H-pyrrole nitrogens is 2. The van der Waals surface area contributed by atoms with Crippen molar-refractivity contribution in [1.82, 2.24) is 9.97 Å². The number of aromatic amines is 2. The molecule has 0 radical (unpaired) electrons. The summed E-state index contributed by atoms with van der Waals surface area (Å²) >= 11 is 29.7. The Hall–Kier alpha value is -11.1. The minimum Gasteiger partial charge on any atom is -0.506 e. The summed E-state index contributed by atoms with van der Waals surface area (Å²) in [5, 5.41) is 25.5. The van der Waals surface area contributed by atoms with Crippen molar-refractivity contribution in [2.45, 2.75) is 6.61 Å². The highest BCUT2D eigenvalue weighted by atomic mass is 35.5. The van der Waals surface area contributed by atoms with E-state index in [1.54, 1.807) is 146 Å². The Balaban J connectivity index is 0.000000168. The minimum absolute atomic E-state index is 0.0276. The molecule has 17 nitrogen and oxygen atoms in total. The molecule has 2 heterocycles. The van der Waals surface area contributed by atoms with E-state index in [1.807, 2.05) is 84.9 Å². The van der Waals surface area contributed by atoms with Crippen LogP contribution in [-0.2, 0) is 20.9 Å². The maximum Gasteiger partial charge on any atom is 0.354 e. The average molecular weight is 1390 g/mol. The van der Waals surface area contributed by atoms with Gasteiger partial charge in [0, 0.05) is 38.0 Å². The van der Waals surface area contributed by atoms with Gasteiger partial charge in [0.25, 0.3) is 0 Å². The summed E-state index contributed by atoms with van der Waals surface area (Å²) in [4.78, 5) is 52.7. The summed E-state index contributed by atoms with van der Waals surface area (Å²) in [6.07, 6.45) is 2.64. The average Bonchev–Trinajstić information content (AvgIpc) is 1.68. The molecule has 4 N–H and O–H groups in total. The van der Waals surface area contributed by atoms with Gasteiger partial charge in [-0.05, 0) is 139 Å². The van der Waals surface area contributed by atoms with Crippen LogP contribution in [0, 0.1) is 5.82 Å². The monoisotopic (exact) mass is 1390 g/mol. The largest absolute Gasteiger partial charge is 0.506 e. The maximum atomic E-state index is 12.4. The van der Waals surface area contributed by atoms with E-state index in [9.17, 15) is 28.7 Å². The van der Waals surface area contributed by atoms with E-state index in [-0.39, 0.29) is 23.6 Å². The lowest BCUT2D eigenvalue weighted by molar-refractivity contribution is -0.136. The highest BCUT2D eigenvalue weighted by Crippen LogP contribution is 2.37. The number of phenols is 1. The van der Waals surface area contributed by atoms with Crippen LogP contribution in [-0.4, -0.2) is 58.9 Å². The number of aldehydes is 2. The molecule has 0 bridgehead atoms. The van der Waals surface area contributed by atoms with Gasteiger partial charge in [0.1, 0.15) is 69.0 Å². The van der Waals surface area contributed by atoms with E-state index >= 15 is 0 Å². The summed E-state index contributed by atoms with van der Waals surface area (Å²) < 4.78 is 44.7. The van der Waals surface area contributed by atoms with Gasteiger partial charge in [-0.25, -0.2) is 14.0 Å². The number of aromatic nitrogens is 2. The summed E-state index contributed by atoms with van der Waals surface area (Å²) in [7, 11) is 2.55. The fraction of sp³-hybridized carbons (Fsp3) is 0.0411. The third-order valence-corrected chi connectivity index (χ3v) is 14.4. The number of benzene rings is 10. The number of esters is 2. The van der Waals surface area contributed by atoms with Gasteiger partial charge in [-0.2, -0.15) is 0 Å². The molecule has 0 aliphatic heterocycles. The molecule has 23 heteroatoms. The molecule has 0 amide bonds. The van der Waals surface area contributed by atoms with Gasteiger partial charge in [0.15, 0.2) is 12.6 Å². The molecule has 0 saturated heterocycles. The van der Waals surface area contributed by atoms with Gasteiger partial charge in [0.2, 0.25) is 0 Å². The number of rotatable bonds is 15. The van der Waals surface area contributed by atoms with Crippen LogP contribution in [0.1, 0.15) is 42.5 Å². The minimum atomic E-state index is -0.740. The zero-order chi connectivity index (χ0) is 68.8. The first-order valence-corrected chi connectivity index (χ1v) is 30.2. The van der Waals surface area contributed by atoms with Crippen LogP contribution in [0.3, 0.4) is 0 Å². The maximum absolute atomic E-state index is 12.4. The van der Waals surface area contributed by atoms with E-state index in [4.69, 9.17) is 92.3 Å². The number of fused-ring (bicyclic) bond motifs is 2. The summed E-state index contributed by atoms with van der Waals surface area (Å²) in [5.41, 5.74) is 12.4. The first kappa shape index (κ1) is 72.4. The van der Waals surface area contributed by atoms with Crippen LogP contribution in [0.4, 0.5) is 4.39 Å². The molecular formula is C73H55Cl5FN5O12. The number of nitrogens with one attached hydrogen (secondary N) is 2. The topological polar surface area (TPSA) is 244 Å². The van der Waals surface area contributed by atoms with Crippen LogP contribution in [0.15, 0.2) is 253 Å². The van der Waals surface area contributed by atoms with E-state index < -0.39 is 17.8 Å². The van der Waals surface area contributed by atoms with Crippen LogP contribution in [0.25, 0.3) is 38.3 Å². The van der Waals surface area contributed by atoms with E-state index in [0.717, 1.165) is 33.8 Å². The number of methoxy groups -OCH3 is 2. The van der Waals surface area contributed by atoms with E-state index in [0.29, 0.717) is 94.2 Å². The molecule has 10 aromatic carbocycles. The quantitative estimate of drug-likeness (QED) is 0.0187. The van der Waals surface area contributed by atoms with Crippen molar-refractivity contribution in [2.24, 2.45) is 5.11 Å². The van der Waals surface area contributed by atoms with Crippen molar-refractivity contribution in [3.05, 3.63) is 318 Å². The Morgan fingerprint density at radius 2 is 0.865 bits per heavy atom. The zero-order valence-electron chi connectivity index (χ0n) is 50.6. The zero-order valence-corrected chi connectivity index (χ0v) is 54.4. The SMILES string of the molecule is COC(=O)/C(=C\c1ccccc1Oc1ccccc1Cl)N=[N+]=[N-].COC(=O)c1cc2c(Oc3ccccc3Cl)cccc2[nH]1.O=Cc1ccccc1F.O=Cc1ccccc1Oc1ccccc1Cl.OCc1cc2c(Oc3ccccc3Cl)cccc2[nH]1.Oc1ccccc1Cl. The molecule has 0 fully saturated rings. The number of hydrogen-bond acceptors (Lipinski definition) is 13. The molecule has 2 aromatic heterocycles. The molecule has 12 rings (SSSR count). The lowest BCUT2D eigenvalue weighted by Crippen LogP contribution is -2.02. The number of aliphatic hydroxyl groups is 1. The number of aliphatic hydroxyl groups excluding tert-OH is 1. The number of carbonyl (C=O) groups is 4. The Kier molecular flexibility index (Phi) is 28.3. The fourth-order valence-electron chi connectivity index (χ4n) is 8.19. The smallest absolute Gasteiger partial charge is 0.354 e. The van der Waals surface area contributed by atoms with Gasteiger partial charge in [-0.15, -0.1) is 0 Å². The molecule has 96 heavy (non-hydrogen) atoms. The number of hydrogen-bond donors (Lipinski definition) is 4. The van der Waals surface area contributed by atoms with Gasteiger partial charge in [0.05, 0.1) is 57.1 Å². The number of aromatic hydroxyl groups is 1. The van der Waals surface area contributed by atoms with Crippen molar-refractivity contribution in [2.75, 3.05) is 14.2 Å².